The molecule has 0 bridgehead atoms. The first kappa shape index (κ1) is 71.1. The van der Waals surface area contributed by atoms with E-state index in [1.54, 1.807) is 48.5 Å². The second-order valence-electron chi connectivity index (χ2n) is 20.4. The Morgan fingerprint density at radius 3 is 1.09 bits per heavy atom. The fourth-order valence-electron chi connectivity index (χ4n) is 8.57. The second-order valence-corrected chi connectivity index (χ2v) is 20.8. The third-order valence-electron chi connectivity index (χ3n) is 13.2. The summed E-state index contributed by atoms with van der Waals surface area (Å²) in [6, 6.07) is 17.5. The maximum Gasteiger partial charge on any atom is 0.310 e. The highest BCUT2D eigenvalue weighted by Gasteiger charge is 2.21. The molecule has 0 aliphatic rings. The summed E-state index contributed by atoms with van der Waals surface area (Å²) in [6.07, 6.45) is 39.5. The normalized spacial score (nSPS) is 11.5. The molecule has 2 aromatic rings. The average Bonchev–Trinajstić information content (AvgIpc) is 3.41. The van der Waals surface area contributed by atoms with Crippen molar-refractivity contribution < 1.29 is 48.1 Å². The molecule has 0 amide bonds. The Kier molecular flexibility index (Phi) is 50.7. The number of ether oxygens (including phenoxy) is 3. The number of Topliss-reactive ketones (excluding diaryl/α,β-unsaturated/α-hetero) is 2. The van der Waals surface area contributed by atoms with Crippen molar-refractivity contribution in [1.82, 2.24) is 0 Å². The van der Waals surface area contributed by atoms with Gasteiger partial charge < -0.3 is 19.3 Å². The Hall–Kier alpha value is -3.89. The largest absolute Gasteiger partial charge is 0.462 e. The van der Waals surface area contributed by atoms with Crippen LogP contribution in [0, 0.1) is 0 Å². The molecule has 0 saturated carbocycles. The number of rotatable bonds is 47. The first-order chi connectivity index (χ1) is 36.5. The van der Waals surface area contributed by atoms with E-state index in [9.17, 15) is 33.9 Å². The first-order valence-electron chi connectivity index (χ1n) is 30.0. The van der Waals surface area contributed by atoms with E-state index in [4.69, 9.17) is 25.8 Å². The predicted molar refractivity (Wildman–Crippen MR) is 308 cm³/mol. The van der Waals surface area contributed by atoms with Crippen LogP contribution in [0.5, 0.6) is 0 Å². The van der Waals surface area contributed by atoms with Crippen molar-refractivity contribution in [1.29, 1.82) is 0 Å². The Balaban J connectivity index is 0.00000124. The van der Waals surface area contributed by atoms with Crippen molar-refractivity contribution >= 4 is 46.3 Å². The summed E-state index contributed by atoms with van der Waals surface area (Å²) in [6.45, 7) is 8.31. The average molecular weight is 1070 g/mol. The van der Waals surface area contributed by atoms with Crippen LogP contribution in [0.2, 0.25) is 0 Å². The number of esters is 3. The topological polar surface area (TPSA) is 150 Å². The number of aliphatic hydroxyl groups is 1. The fourth-order valence-corrected chi connectivity index (χ4v) is 8.71. The van der Waals surface area contributed by atoms with Gasteiger partial charge in [0, 0.05) is 24.0 Å². The summed E-state index contributed by atoms with van der Waals surface area (Å²) in [7, 11) is 0. The van der Waals surface area contributed by atoms with Gasteiger partial charge in [0.15, 0.2) is 24.8 Å². The Morgan fingerprint density at radius 1 is 0.400 bits per heavy atom. The summed E-state index contributed by atoms with van der Waals surface area (Å²) < 4.78 is 15.9. The number of carbonyl (C=O) groups is 6. The fraction of sp³-hybridized carbons (Fsp3) is 0.719. The highest BCUT2D eigenvalue weighted by molar-refractivity contribution is 6.63. The van der Waals surface area contributed by atoms with E-state index in [-0.39, 0.29) is 48.8 Å². The molecule has 0 heterocycles. The van der Waals surface area contributed by atoms with Crippen molar-refractivity contribution in [3.05, 3.63) is 71.8 Å². The van der Waals surface area contributed by atoms with Crippen LogP contribution < -0.4 is 0 Å². The molecule has 1 N–H and O–H groups in total. The molecule has 428 valence electrons. The lowest BCUT2D eigenvalue weighted by Gasteiger charge is -2.17. The van der Waals surface area contributed by atoms with Crippen molar-refractivity contribution in [3.63, 3.8) is 0 Å². The zero-order valence-corrected chi connectivity index (χ0v) is 48.5. The SMILES string of the molecule is CCCCCCCCCC(=O)Cl.CCCCCCCCCCC[C@@H](O)CC(=O)OCC(=O)c1ccccc1.CCCCCCCCCCC[C@H](CC(=O)OCC(=O)c1ccccc1)OC(=O)CCCCCCCCC. The lowest BCUT2D eigenvalue weighted by Crippen LogP contribution is -2.24. The van der Waals surface area contributed by atoms with Gasteiger partial charge in [-0.3, -0.25) is 28.8 Å². The van der Waals surface area contributed by atoms with Gasteiger partial charge in [0.25, 0.3) is 0 Å². The van der Waals surface area contributed by atoms with Gasteiger partial charge in [0.1, 0.15) is 6.10 Å². The van der Waals surface area contributed by atoms with Crippen LogP contribution in [0.15, 0.2) is 60.7 Å². The molecule has 2 rings (SSSR count). The summed E-state index contributed by atoms with van der Waals surface area (Å²) in [5, 5.41) is 9.72. The standard InChI is InChI=1S/C32H52O5.C22H34O4.C10H19ClO/c1-3-5-7-9-11-12-14-15-20-24-29(37-31(34)25-21-16-13-10-8-6-4-2)26-32(35)36-27-30(33)28-22-18-17-19-23-28;1-2-3-4-5-6-7-8-9-13-16-20(23)17-22(25)26-18-21(24)19-14-11-10-12-15-19;1-2-3-4-5-6-7-8-9-10(11)12/h17-19,22-23,29H,3-16,20-21,24-27H2,1-2H3;10-12,14-15,20,23H,2-9,13,16-18H2,1H3;2-9H2,1H3/t29-;20-;/m11./s1. The Morgan fingerprint density at radius 2 is 0.720 bits per heavy atom. The maximum atomic E-state index is 12.5. The summed E-state index contributed by atoms with van der Waals surface area (Å²) in [5.74, 6) is -1.71. The maximum absolute atomic E-state index is 12.5. The quantitative estimate of drug-likeness (QED) is 0.0223. The van der Waals surface area contributed by atoms with Crippen molar-refractivity contribution in [2.24, 2.45) is 0 Å². The van der Waals surface area contributed by atoms with Crippen LogP contribution >= 0.6 is 11.6 Å². The van der Waals surface area contributed by atoms with Crippen LogP contribution in [-0.2, 0) is 33.4 Å². The molecule has 2 aromatic carbocycles. The van der Waals surface area contributed by atoms with Gasteiger partial charge in [-0.2, -0.15) is 0 Å². The lowest BCUT2D eigenvalue weighted by molar-refractivity contribution is -0.155. The smallest absolute Gasteiger partial charge is 0.310 e. The number of unbranched alkanes of at least 4 members (excludes halogenated alkanes) is 28. The molecule has 11 heteroatoms. The number of hydrogen-bond donors (Lipinski definition) is 1. The number of hydrogen-bond acceptors (Lipinski definition) is 10. The predicted octanol–water partition coefficient (Wildman–Crippen LogP) is 17.8. The third kappa shape index (κ3) is 48.2. The van der Waals surface area contributed by atoms with Crippen molar-refractivity contribution in [3.8, 4) is 0 Å². The molecule has 0 aliphatic carbocycles. The van der Waals surface area contributed by atoms with Gasteiger partial charge in [-0.15, -0.1) is 0 Å². The Labute approximate surface area is 461 Å². The minimum atomic E-state index is -0.682. The van der Waals surface area contributed by atoms with Crippen molar-refractivity contribution in [2.45, 2.75) is 284 Å². The molecular formula is C64H105ClO10. The zero-order valence-electron chi connectivity index (χ0n) is 47.7. The van der Waals surface area contributed by atoms with Gasteiger partial charge in [-0.05, 0) is 43.7 Å². The number of benzene rings is 2. The van der Waals surface area contributed by atoms with Crippen molar-refractivity contribution in [2.75, 3.05) is 13.2 Å². The van der Waals surface area contributed by atoms with Gasteiger partial charge in [-0.1, -0.05) is 275 Å². The molecule has 0 radical (unpaired) electrons. The van der Waals surface area contributed by atoms with Gasteiger partial charge in [0.2, 0.25) is 5.24 Å². The molecular weight excluding hydrogens is 964 g/mol. The molecule has 0 saturated heterocycles. The highest BCUT2D eigenvalue weighted by atomic mass is 35.5. The van der Waals surface area contributed by atoms with E-state index in [0.29, 0.717) is 36.8 Å². The van der Waals surface area contributed by atoms with Gasteiger partial charge >= 0.3 is 17.9 Å². The first-order valence-corrected chi connectivity index (χ1v) is 30.4. The minimum Gasteiger partial charge on any atom is -0.462 e. The number of carbonyl (C=O) groups excluding carboxylic acids is 6. The van der Waals surface area contributed by atoms with E-state index in [0.717, 1.165) is 57.8 Å². The van der Waals surface area contributed by atoms with Gasteiger partial charge in [-0.25, -0.2) is 0 Å². The summed E-state index contributed by atoms with van der Waals surface area (Å²) in [4.78, 5) is 71.0. The highest BCUT2D eigenvalue weighted by Crippen LogP contribution is 2.18. The summed E-state index contributed by atoms with van der Waals surface area (Å²) in [5.41, 5.74) is 1.04. The van der Waals surface area contributed by atoms with E-state index < -0.39 is 24.1 Å². The lowest BCUT2D eigenvalue weighted by atomic mass is 10.0. The van der Waals surface area contributed by atoms with E-state index >= 15 is 0 Å². The molecule has 0 fully saturated rings. The molecule has 75 heavy (non-hydrogen) atoms. The zero-order chi connectivity index (χ0) is 55.3. The molecule has 0 spiro atoms. The van der Waals surface area contributed by atoms with E-state index in [1.807, 2.05) is 12.1 Å². The van der Waals surface area contributed by atoms with Crippen LogP contribution in [-0.4, -0.2) is 65.2 Å². The third-order valence-corrected chi connectivity index (χ3v) is 13.4. The van der Waals surface area contributed by atoms with Gasteiger partial charge in [0.05, 0.1) is 18.9 Å². The molecule has 0 aliphatic heterocycles. The van der Waals surface area contributed by atoms with Crippen LogP contribution in [0.3, 0.4) is 0 Å². The minimum absolute atomic E-state index is 0.00183. The number of aliphatic hydroxyl groups excluding tert-OH is 1. The molecule has 2 atom stereocenters. The van der Waals surface area contributed by atoms with Crippen LogP contribution in [0.25, 0.3) is 0 Å². The van der Waals surface area contributed by atoms with E-state index in [2.05, 4.69) is 27.7 Å². The molecule has 0 unspecified atom stereocenters. The van der Waals surface area contributed by atoms with Crippen LogP contribution in [0.1, 0.15) is 292 Å². The monoisotopic (exact) mass is 1070 g/mol. The molecule has 10 nitrogen and oxygen atoms in total. The number of ketones is 2. The second kappa shape index (κ2) is 53.5. The number of halogens is 1. The Bertz CT molecular complexity index is 1670. The molecule has 0 aromatic heterocycles. The van der Waals surface area contributed by atoms with Crippen LogP contribution in [0.4, 0.5) is 0 Å². The summed E-state index contributed by atoms with van der Waals surface area (Å²) >= 11 is 5.20. The van der Waals surface area contributed by atoms with E-state index in [1.165, 1.54) is 148 Å².